The fourth-order valence-corrected chi connectivity index (χ4v) is 6.06. The molecule has 1 saturated heterocycles. The predicted molar refractivity (Wildman–Crippen MR) is 138 cm³/mol. The van der Waals surface area contributed by atoms with Gasteiger partial charge < -0.3 is 28.7 Å². The minimum absolute atomic E-state index is 0.214. The van der Waals surface area contributed by atoms with Crippen molar-refractivity contribution < 1.29 is 33.5 Å². The Labute approximate surface area is 218 Å². The lowest BCUT2D eigenvalue weighted by atomic mass is 9.96. The van der Waals surface area contributed by atoms with E-state index >= 15 is 0 Å². The topological polar surface area (TPSA) is 161 Å². The zero-order valence-electron chi connectivity index (χ0n) is 21.1. The van der Waals surface area contributed by atoms with Crippen LogP contribution in [0, 0.1) is 6.92 Å². The zero-order valence-corrected chi connectivity index (χ0v) is 22.8. The molecule has 1 fully saturated rings. The molecule has 6 atom stereocenters. The monoisotopic (exact) mass is 557 g/mol. The number of carbonyl (C=O) groups excluding carboxylic acids is 1. The first kappa shape index (κ1) is 29.2. The van der Waals surface area contributed by atoms with Crippen molar-refractivity contribution in [1.82, 2.24) is 14.6 Å². The van der Waals surface area contributed by atoms with Gasteiger partial charge >= 0.3 is 18.3 Å². The van der Waals surface area contributed by atoms with E-state index in [2.05, 4.69) is 10.1 Å². The van der Waals surface area contributed by atoms with E-state index in [0.29, 0.717) is 5.75 Å². The highest BCUT2D eigenvalue weighted by atomic mass is 32.5. The van der Waals surface area contributed by atoms with E-state index in [1.165, 1.54) is 20.0 Å². The number of esters is 1. The number of para-hydroxylation sites is 1. The van der Waals surface area contributed by atoms with Crippen molar-refractivity contribution in [1.29, 1.82) is 0 Å². The Morgan fingerprint density at radius 1 is 1.30 bits per heavy atom. The van der Waals surface area contributed by atoms with Gasteiger partial charge in [-0.1, -0.05) is 18.2 Å². The highest BCUT2D eigenvalue weighted by Crippen LogP contribution is 2.47. The quantitative estimate of drug-likeness (QED) is 0.245. The summed E-state index contributed by atoms with van der Waals surface area (Å²) >= 11 is 5.65. The molecule has 12 nitrogen and oxygen atoms in total. The van der Waals surface area contributed by atoms with Crippen molar-refractivity contribution in [2.24, 2.45) is 0 Å². The van der Waals surface area contributed by atoms with Crippen molar-refractivity contribution in [2.45, 2.75) is 70.8 Å². The number of hydrogen-bond acceptors (Lipinski definition) is 10. The third-order valence-corrected chi connectivity index (χ3v) is 8.09. The van der Waals surface area contributed by atoms with Gasteiger partial charge in [0.1, 0.15) is 29.6 Å². The molecule has 2 aromatic rings. The van der Waals surface area contributed by atoms with Crippen LogP contribution in [0.3, 0.4) is 0 Å². The normalized spacial score (nSPS) is 26.0. The maximum Gasteiger partial charge on any atom is 0.330 e. The second-order valence-electron chi connectivity index (χ2n) is 9.21. The summed E-state index contributed by atoms with van der Waals surface area (Å²) in [7, 11) is 0. The van der Waals surface area contributed by atoms with Gasteiger partial charge in [0.15, 0.2) is 6.23 Å². The molecule has 2 heterocycles. The first-order valence-corrected chi connectivity index (χ1v) is 14.2. The number of nitrogens with one attached hydrogen (secondary N) is 2. The van der Waals surface area contributed by atoms with Crippen LogP contribution >= 0.6 is 6.64 Å². The average Bonchev–Trinajstić information content (AvgIpc) is 3.03. The van der Waals surface area contributed by atoms with Gasteiger partial charge in [-0.25, -0.2) is 9.88 Å². The maximum atomic E-state index is 12.4. The van der Waals surface area contributed by atoms with Crippen LogP contribution < -0.4 is 20.9 Å². The number of aryl methyl sites for hydroxylation is 1. The van der Waals surface area contributed by atoms with E-state index in [-0.39, 0.29) is 18.3 Å². The van der Waals surface area contributed by atoms with E-state index in [1.807, 2.05) is 0 Å². The molecular weight excluding hydrogens is 525 g/mol. The van der Waals surface area contributed by atoms with Gasteiger partial charge in [-0.2, -0.15) is 0 Å². The number of hydrogen-bond donors (Lipinski definition) is 4. The number of aromatic nitrogens is 2. The van der Waals surface area contributed by atoms with Crippen molar-refractivity contribution >= 4 is 24.4 Å². The molecule has 0 radical (unpaired) electrons. The van der Waals surface area contributed by atoms with Crippen LogP contribution in [0.2, 0.25) is 0 Å². The lowest BCUT2D eigenvalue weighted by Crippen LogP contribution is -2.47. The fourth-order valence-electron chi connectivity index (χ4n) is 3.64. The molecule has 0 amide bonds. The number of aliphatic hydroxyl groups excluding tert-OH is 1. The molecule has 0 bridgehead atoms. The minimum atomic E-state index is -3.44. The fraction of sp³-hybridized carbons (Fsp3) is 0.522. The molecule has 3 rings (SSSR count). The van der Waals surface area contributed by atoms with Gasteiger partial charge in [0.2, 0.25) is 0 Å². The van der Waals surface area contributed by atoms with Crippen LogP contribution in [0.1, 0.15) is 39.5 Å². The number of carbonyl (C=O) groups is 1. The van der Waals surface area contributed by atoms with Crippen LogP contribution in [-0.4, -0.2) is 62.3 Å². The molecule has 14 heteroatoms. The molecule has 6 unspecified atom stereocenters. The SMILES string of the molecule is Cc1cn(C2OC(COP(=S)(NC(C)C(=O)OC(C)C)Oc3ccccc3)C(O)C2(C)O)c(=O)[nH]c1=O. The van der Waals surface area contributed by atoms with E-state index in [1.54, 1.807) is 51.1 Å². The summed E-state index contributed by atoms with van der Waals surface area (Å²) in [5, 5.41) is 24.7. The third-order valence-electron chi connectivity index (χ3n) is 5.59. The Hall–Kier alpha value is -2.38. The summed E-state index contributed by atoms with van der Waals surface area (Å²) in [6.07, 6.45) is -3.07. The Morgan fingerprint density at radius 2 is 1.95 bits per heavy atom. The second kappa shape index (κ2) is 11.6. The molecule has 0 spiro atoms. The van der Waals surface area contributed by atoms with Gasteiger partial charge in [0, 0.05) is 11.8 Å². The van der Waals surface area contributed by atoms with Crippen molar-refractivity contribution in [3.63, 3.8) is 0 Å². The second-order valence-corrected chi connectivity index (χ2v) is 12.3. The van der Waals surface area contributed by atoms with E-state index in [9.17, 15) is 24.6 Å². The molecular formula is C23H32N3O9PS. The predicted octanol–water partition coefficient (Wildman–Crippen LogP) is 1.10. The van der Waals surface area contributed by atoms with Gasteiger partial charge in [-0.15, -0.1) is 0 Å². The summed E-state index contributed by atoms with van der Waals surface area (Å²) < 4.78 is 23.9. The van der Waals surface area contributed by atoms with Crippen molar-refractivity contribution in [3.8, 4) is 5.75 Å². The van der Waals surface area contributed by atoms with Gasteiger partial charge in [-0.05, 0) is 58.6 Å². The molecule has 1 aliphatic heterocycles. The number of H-pyrrole nitrogens is 1. The Kier molecular flexibility index (Phi) is 9.12. The van der Waals surface area contributed by atoms with Gasteiger partial charge in [0.25, 0.3) is 5.56 Å². The highest BCUT2D eigenvalue weighted by molar-refractivity contribution is 8.09. The summed E-state index contributed by atoms with van der Waals surface area (Å²) in [6.45, 7) is 3.98. The van der Waals surface area contributed by atoms with Crippen LogP contribution in [-0.2, 0) is 30.6 Å². The first-order chi connectivity index (χ1) is 17.2. The van der Waals surface area contributed by atoms with Gasteiger partial charge in [-0.3, -0.25) is 19.1 Å². The lowest BCUT2D eigenvalue weighted by molar-refractivity contribution is -0.149. The Balaban J connectivity index is 1.82. The van der Waals surface area contributed by atoms with Crippen LogP contribution in [0.25, 0.3) is 0 Å². The molecule has 1 aliphatic rings. The maximum absolute atomic E-state index is 12.4. The standard InChI is InChI=1S/C23H32N3O9PS/c1-13(2)33-20(29)15(4)25-36(37,35-16-9-7-6-8-10-16)32-12-17-18(27)23(5,31)21(34-17)26-11-14(3)19(28)24-22(26)30/h6-11,13,15,17-18,21,27,31H,12H2,1-5H3,(H,25,37)(H,24,28,30). The van der Waals surface area contributed by atoms with Crippen LogP contribution in [0.15, 0.2) is 46.1 Å². The van der Waals surface area contributed by atoms with Crippen LogP contribution in [0.5, 0.6) is 5.75 Å². The van der Waals surface area contributed by atoms with E-state index in [4.69, 9.17) is 30.3 Å². The summed E-state index contributed by atoms with van der Waals surface area (Å²) in [5.41, 5.74) is -3.10. The number of aromatic amines is 1. The molecule has 4 N–H and O–H groups in total. The number of rotatable bonds is 10. The summed E-state index contributed by atoms with van der Waals surface area (Å²) in [4.78, 5) is 38.7. The molecule has 204 valence electrons. The lowest BCUT2D eigenvalue weighted by Gasteiger charge is -2.28. The van der Waals surface area contributed by atoms with E-state index < -0.39 is 53.9 Å². The molecule has 0 aliphatic carbocycles. The Morgan fingerprint density at radius 3 is 2.57 bits per heavy atom. The molecule has 37 heavy (non-hydrogen) atoms. The summed E-state index contributed by atoms with van der Waals surface area (Å²) in [6, 6.07) is 7.71. The number of benzene rings is 1. The van der Waals surface area contributed by atoms with Crippen molar-refractivity contribution in [2.75, 3.05) is 6.61 Å². The minimum Gasteiger partial charge on any atom is -0.462 e. The number of nitrogens with zero attached hydrogens (tertiary/aromatic N) is 1. The van der Waals surface area contributed by atoms with Gasteiger partial charge in [0.05, 0.1) is 12.7 Å². The average molecular weight is 558 g/mol. The van der Waals surface area contributed by atoms with E-state index in [0.717, 1.165) is 4.57 Å². The highest BCUT2D eigenvalue weighted by Gasteiger charge is 2.54. The molecule has 1 aromatic heterocycles. The van der Waals surface area contributed by atoms with Crippen LogP contribution in [0.4, 0.5) is 0 Å². The Bertz CT molecular complexity index is 1260. The largest absolute Gasteiger partial charge is 0.462 e. The number of aliphatic hydroxyl groups is 2. The third kappa shape index (κ3) is 6.94. The zero-order chi connectivity index (χ0) is 27.5. The van der Waals surface area contributed by atoms with Crippen molar-refractivity contribution in [3.05, 3.63) is 62.9 Å². The number of ether oxygens (including phenoxy) is 2. The smallest absolute Gasteiger partial charge is 0.330 e. The molecule has 0 saturated carbocycles. The first-order valence-electron chi connectivity index (χ1n) is 11.6. The summed E-state index contributed by atoms with van der Waals surface area (Å²) in [5.74, 6) is -0.173. The molecule has 1 aromatic carbocycles.